The van der Waals surface area contributed by atoms with Crippen LogP contribution in [0.5, 0.6) is 0 Å². The van der Waals surface area contributed by atoms with E-state index in [2.05, 4.69) is 41.5 Å². The zero-order valence-corrected chi connectivity index (χ0v) is 9.23. The molecule has 10 heavy (non-hydrogen) atoms. The Kier molecular flexibility index (Phi) is 3.47. The molecular formula is C9H22Si. The third-order valence-electron chi connectivity index (χ3n) is 2.00. The molecule has 0 aliphatic carbocycles. The van der Waals surface area contributed by atoms with Gasteiger partial charge in [0.25, 0.3) is 0 Å². The second-order valence-corrected chi connectivity index (χ2v) is 8.43. The van der Waals surface area contributed by atoms with E-state index in [0.29, 0.717) is 16.6 Å². The Balaban J connectivity index is 4.53. The summed E-state index contributed by atoms with van der Waals surface area (Å²) in [6.45, 7) is 13.2. The first-order valence-electron chi connectivity index (χ1n) is 4.83. The smallest absolute Gasteiger partial charge is 0.0445 e. The zero-order valence-electron chi connectivity index (χ0n) is 9.23. The van der Waals surface area contributed by atoms with Crippen LogP contribution in [0, 0.1) is 0 Å². The summed E-state index contributed by atoms with van der Waals surface area (Å²) in [5, 5.41) is 0. The summed E-state index contributed by atoms with van der Waals surface area (Å²) in [6, 6.07) is 0. The van der Waals surface area contributed by atoms with Gasteiger partial charge in [-0.05, 0) is 0 Å². The van der Waals surface area contributed by atoms with Crippen LogP contribution in [0.4, 0.5) is 0 Å². The maximum absolute atomic E-state index is 8.42. The Morgan fingerprint density at radius 2 is 1.00 bits per heavy atom. The van der Waals surface area contributed by atoms with Crippen molar-refractivity contribution in [2.75, 3.05) is 0 Å². The molecule has 0 aliphatic rings. The van der Waals surface area contributed by atoms with Gasteiger partial charge in [-0.3, -0.25) is 0 Å². The summed E-state index contributed by atoms with van der Waals surface area (Å²) in [4.78, 5) is 0. The van der Waals surface area contributed by atoms with E-state index in [1.165, 1.54) is 0 Å². The minimum Gasteiger partial charge on any atom is -0.0654 e. The van der Waals surface area contributed by atoms with Crippen molar-refractivity contribution < 1.29 is 0 Å². The van der Waals surface area contributed by atoms with Gasteiger partial charge in [0.05, 0.1) is 0 Å². The molecular weight excluding hydrogens is 136 g/mol. The number of hydrogen-bond acceptors (Lipinski definition) is 0. The van der Waals surface area contributed by atoms with Crippen LogP contribution in [0.1, 0.15) is 41.5 Å². The van der Waals surface area contributed by atoms with Gasteiger partial charge in [-0.25, -0.2) is 0 Å². The normalized spacial score (nSPS) is 15.1. The second-order valence-electron chi connectivity index (χ2n) is 3.96. The molecule has 0 aliphatic heterocycles. The lowest BCUT2D eigenvalue weighted by atomic mass is 10.5. The van der Waals surface area contributed by atoms with Crippen LogP contribution >= 0.6 is 0 Å². The molecule has 0 saturated carbocycles. The van der Waals surface area contributed by atoms with Crippen molar-refractivity contribution in [1.29, 1.82) is 1.23 Å². The third-order valence-corrected chi connectivity index (χ3v) is 6.00. The molecule has 0 atom stereocenters. The van der Waals surface area contributed by atoms with Crippen LogP contribution < -0.4 is 0 Å². The van der Waals surface area contributed by atoms with Crippen LogP contribution in [-0.4, -0.2) is 9.96 Å². The summed E-state index contributed by atoms with van der Waals surface area (Å²) < 4.78 is 8.42. The molecule has 0 amide bonds. The van der Waals surface area contributed by atoms with Gasteiger partial charge in [-0.1, -0.05) is 58.2 Å². The van der Waals surface area contributed by atoms with E-state index >= 15 is 0 Å². The van der Waals surface area contributed by atoms with Crippen LogP contribution in [0.2, 0.25) is 16.6 Å². The highest BCUT2D eigenvalue weighted by Gasteiger charge is 2.22. The van der Waals surface area contributed by atoms with E-state index in [1.807, 2.05) is 0 Å². The summed E-state index contributed by atoms with van der Waals surface area (Å²) in [7, 11) is -1.73. The Morgan fingerprint density at radius 3 is 1.00 bits per heavy atom. The summed E-state index contributed by atoms with van der Waals surface area (Å²) >= 11 is 0. The second kappa shape index (κ2) is 4.17. The van der Waals surface area contributed by atoms with Gasteiger partial charge < -0.3 is 0 Å². The van der Waals surface area contributed by atoms with Crippen LogP contribution in [0.25, 0.3) is 0 Å². The molecule has 0 saturated heterocycles. The molecule has 0 aromatic rings. The molecule has 0 fully saturated rings. The average molecular weight is 160 g/mol. The van der Waals surface area contributed by atoms with Gasteiger partial charge in [0.1, 0.15) is 0 Å². The van der Waals surface area contributed by atoms with Crippen LogP contribution in [0.15, 0.2) is 0 Å². The molecule has 0 aromatic carbocycles. The molecule has 0 nitrogen and oxygen atoms in total. The highest BCUT2D eigenvalue weighted by molar-refractivity contribution is 6.63. The minimum atomic E-state index is -1.73. The molecule has 0 N–H and O–H groups in total. The van der Waals surface area contributed by atoms with E-state index in [9.17, 15) is 0 Å². The fourth-order valence-corrected chi connectivity index (χ4v) is 6.00. The average Bonchev–Trinajstić information content (AvgIpc) is 1.84. The first-order chi connectivity index (χ1) is 4.83. The first-order valence-corrected chi connectivity index (χ1v) is 6.06. The molecule has 62 valence electrons. The monoisotopic (exact) mass is 160 g/mol. The molecule has 0 heterocycles. The summed E-state index contributed by atoms with van der Waals surface area (Å²) in [5.41, 5.74) is 1.76. The van der Waals surface area contributed by atoms with Gasteiger partial charge in [0, 0.05) is 9.96 Å². The van der Waals surface area contributed by atoms with E-state index < -0.39 is 8.73 Å². The quantitative estimate of drug-likeness (QED) is 0.555. The van der Waals surface area contributed by atoms with Crippen LogP contribution in [-0.2, 0) is 0 Å². The summed E-state index contributed by atoms with van der Waals surface area (Å²) in [5.74, 6) is 0. The Hall–Kier alpha value is 0.217. The molecule has 0 rings (SSSR count). The zero-order chi connectivity index (χ0) is 9.23. The van der Waals surface area contributed by atoms with Gasteiger partial charge in [0.15, 0.2) is 0 Å². The predicted octanol–water partition coefficient (Wildman–Crippen LogP) is 3.44. The number of hydrogen-bond donors (Lipinski definition) is 0. The van der Waals surface area contributed by atoms with E-state index in [1.54, 1.807) is 0 Å². The topological polar surface area (TPSA) is 0 Å². The lowest BCUT2D eigenvalue weighted by molar-refractivity contribution is 0.863. The lowest BCUT2D eigenvalue weighted by Crippen LogP contribution is -2.24. The molecule has 0 spiro atoms. The highest BCUT2D eigenvalue weighted by atomic mass is 28.3. The molecule has 0 unspecified atom stereocenters. The molecule has 0 bridgehead atoms. The van der Waals surface area contributed by atoms with E-state index in [0.717, 1.165) is 0 Å². The van der Waals surface area contributed by atoms with E-state index in [-0.39, 0.29) is 0 Å². The Labute approximate surface area is 68.9 Å². The van der Waals surface area contributed by atoms with Crippen molar-refractivity contribution in [2.24, 2.45) is 0 Å². The first kappa shape index (κ1) is 8.31. The fraction of sp³-hybridized carbons (Fsp3) is 1.00. The minimum absolute atomic E-state index is 0.586. The largest absolute Gasteiger partial charge is 0.0654 e. The van der Waals surface area contributed by atoms with Crippen LogP contribution in [0.3, 0.4) is 0 Å². The Morgan fingerprint density at radius 1 is 0.800 bits per heavy atom. The van der Waals surface area contributed by atoms with E-state index in [4.69, 9.17) is 1.23 Å². The van der Waals surface area contributed by atoms with Crippen molar-refractivity contribution in [3.63, 3.8) is 0 Å². The number of rotatable bonds is 3. The van der Waals surface area contributed by atoms with Gasteiger partial charge in [0.2, 0.25) is 0 Å². The molecule has 0 radical (unpaired) electrons. The third kappa shape index (κ3) is 2.87. The Bertz CT molecular complexity index is 97.0. The molecule has 1 heteroatoms. The highest BCUT2D eigenvalue weighted by Crippen LogP contribution is 2.28. The SMILES string of the molecule is [3H][Si](C(C)C)(C(C)C)C(C)C. The van der Waals surface area contributed by atoms with Crippen molar-refractivity contribution in [1.82, 2.24) is 0 Å². The van der Waals surface area contributed by atoms with Gasteiger partial charge >= 0.3 is 0 Å². The maximum atomic E-state index is 8.42. The fourth-order valence-electron chi connectivity index (χ4n) is 2.00. The molecule has 0 aromatic heterocycles. The van der Waals surface area contributed by atoms with Gasteiger partial charge in [-0.2, -0.15) is 0 Å². The van der Waals surface area contributed by atoms with Crippen molar-refractivity contribution in [3.8, 4) is 0 Å². The lowest BCUT2D eigenvalue weighted by Gasteiger charge is -2.26. The standard InChI is InChI=1S/C9H22Si/c1-7(2)10(8(3)4)9(5)6/h7-10H,1-6H3/i10T. The van der Waals surface area contributed by atoms with Crippen molar-refractivity contribution in [3.05, 3.63) is 0 Å². The predicted molar refractivity (Wildman–Crippen MR) is 52.4 cm³/mol. The maximum Gasteiger partial charge on any atom is 0.0445 e. The van der Waals surface area contributed by atoms with Crippen molar-refractivity contribution in [2.45, 2.75) is 58.2 Å². The van der Waals surface area contributed by atoms with Gasteiger partial charge in [-0.15, -0.1) is 0 Å². The van der Waals surface area contributed by atoms with Crippen molar-refractivity contribution >= 4 is 8.73 Å². The summed E-state index contributed by atoms with van der Waals surface area (Å²) in [6.07, 6.45) is 0.